The normalized spacial score (nSPS) is 18.1. The topological polar surface area (TPSA) is 255 Å². The van der Waals surface area contributed by atoms with Crippen LogP contribution in [-0.2, 0) is 9.47 Å². The molecule has 2 aromatic heterocycles. The molecule has 2 saturated heterocycles. The number of rotatable bonds is 18. The van der Waals surface area contributed by atoms with Crippen molar-refractivity contribution in [2.24, 2.45) is 0 Å². The molecule has 2 aliphatic rings. The molecule has 4 aromatic carbocycles. The third-order valence-electron chi connectivity index (χ3n) is 12.3. The van der Waals surface area contributed by atoms with Crippen LogP contribution in [0, 0.1) is 0 Å². The number of methoxy groups -OCH3 is 4. The summed E-state index contributed by atoms with van der Waals surface area (Å²) in [7, 11) is 6.35. The van der Waals surface area contributed by atoms with Crippen molar-refractivity contribution in [3.05, 3.63) is 94.0 Å². The first-order valence-corrected chi connectivity index (χ1v) is 24.9. The van der Waals surface area contributed by atoms with E-state index in [0.717, 1.165) is 112 Å². The number of fused-ring (bicyclic) bond motifs is 2. The maximum absolute atomic E-state index is 12.9. The second-order valence-electron chi connectivity index (χ2n) is 17.9. The van der Waals surface area contributed by atoms with Gasteiger partial charge in [0.1, 0.15) is 11.5 Å². The number of carbonyl (C=O) groups is 2. The summed E-state index contributed by atoms with van der Waals surface area (Å²) in [5.74, 6) is 1.85. The van der Waals surface area contributed by atoms with Gasteiger partial charge in [0.05, 0.1) is 93.1 Å². The number of aliphatic hydroxyl groups is 1. The van der Waals surface area contributed by atoms with Gasteiger partial charge in [0, 0.05) is 71.7 Å². The molecule has 11 N–H and O–H groups in total. The quantitative estimate of drug-likeness (QED) is 0.0323. The fourth-order valence-electron chi connectivity index (χ4n) is 8.59. The number of anilines is 4. The van der Waals surface area contributed by atoms with Crippen molar-refractivity contribution in [3.63, 3.8) is 0 Å². The van der Waals surface area contributed by atoms with Gasteiger partial charge in [-0.2, -0.15) is 0 Å². The van der Waals surface area contributed by atoms with E-state index < -0.39 is 0 Å². The third kappa shape index (κ3) is 15.5. The van der Waals surface area contributed by atoms with Gasteiger partial charge in [0.25, 0.3) is 11.8 Å². The number of H-pyrrole nitrogens is 2. The van der Waals surface area contributed by atoms with Gasteiger partial charge in [-0.1, -0.05) is 47.5 Å². The largest absolute Gasteiger partial charge is 0.496 e. The Morgan fingerprint density at radius 2 is 1.08 bits per heavy atom. The van der Waals surface area contributed by atoms with Crippen LogP contribution in [0.1, 0.15) is 60.2 Å². The molecule has 0 saturated carbocycles. The molecule has 8 rings (SSSR count). The van der Waals surface area contributed by atoms with Gasteiger partial charge >= 0.3 is 0 Å². The molecule has 0 spiro atoms. The maximum Gasteiger partial charge on any atom is 0.255 e. The number of nitrogens with one attached hydrogen (secondary N) is 6. The molecule has 0 aliphatic carbocycles. The minimum atomic E-state index is -0.255. The number of aliphatic hydroxyl groups excluding tert-OH is 1. The number of para-hydroxylation sites is 4. The van der Waals surface area contributed by atoms with Crippen LogP contribution in [0.5, 0.6) is 11.5 Å². The first kappa shape index (κ1) is 55.3. The second kappa shape index (κ2) is 27.1. The average molecular weight is 1030 g/mol. The van der Waals surface area contributed by atoms with Crippen molar-refractivity contribution in [1.82, 2.24) is 40.4 Å². The molecule has 0 bridgehead atoms. The highest BCUT2D eigenvalue weighted by Crippen LogP contribution is 2.31. The zero-order chi connectivity index (χ0) is 51.7. The molecular weight excluding hydrogens is 964 g/mol. The number of likely N-dealkylation sites (tertiary alicyclic amines) is 2. The lowest BCUT2D eigenvalue weighted by Crippen LogP contribution is -2.55. The second-order valence-corrected chi connectivity index (χ2v) is 18.7. The molecule has 2 aliphatic heterocycles. The number of piperidine rings is 2. The fourth-order valence-corrected chi connectivity index (χ4v) is 8.92. The van der Waals surface area contributed by atoms with Crippen LogP contribution in [0.4, 0.5) is 23.3 Å². The van der Waals surface area contributed by atoms with Gasteiger partial charge < -0.3 is 76.6 Å². The molecule has 19 nitrogen and oxygen atoms in total. The molecule has 2 amide bonds. The fraction of sp³-hybridized carbons (Fsp3) is 0.451. The van der Waals surface area contributed by atoms with Crippen molar-refractivity contribution in [2.45, 2.75) is 69.9 Å². The summed E-state index contributed by atoms with van der Waals surface area (Å²) in [6, 6.07) is 21.9. The van der Waals surface area contributed by atoms with Crippen molar-refractivity contribution in [3.8, 4) is 11.5 Å². The monoisotopic (exact) mass is 1030 g/mol. The van der Waals surface area contributed by atoms with Crippen molar-refractivity contribution < 1.29 is 33.6 Å². The number of nitrogens with two attached hydrogens (primary N) is 2. The van der Waals surface area contributed by atoms with Crippen LogP contribution in [0.25, 0.3) is 22.1 Å². The van der Waals surface area contributed by atoms with Crippen LogP contribution in [0.15, 0.2) is 72.8 Å². The molecule has 21 heteroatoms. The number of imidazole rings is 2. The van der Waals surface area contributed by atoms with E-state index in [9.17, 15) is 9.59 Å². The Bertz CT molecular complexity index is 2440. The van der Waals surface area contributed by atoms with Crippen LogP contribution >= 0.6 is 23.2 Å². The number of aromatic nitrogens is 4. The smallest absolute Gasteiger partial charge is 0.255 e. The number of amides is 2. The Labute approximate surface area is 431 Å². The van der Waals surface area contributed by atoms with Gasteiger partial charge in [-0.15, -0.1) is 0 Å². The SMILES string of the molecule is CC(C)O.COc1cc(N)c(Cl)cc1C(=O)N[C@H]1CCN(CCCNc2nc3ccccc3[nH]2)C[C@H]1OC.COc1cc(N)c(Cl)cc1C(=O)N[C@H]1CCN(CCCNc2nc3ccccc3[nH]2)C[C@H]1OC. The standard InChI is InChI=1S/2C24H31ClN6O3.C3H8O/c2*1-33-21-13-17(26)16(25)12-15(21)23(32)28-20-8-11-31(14-22(20)34-2)10-5-9-27-24-29-18-6-3-4-7-19(18)30-24;1-3(2)4/h2*3-4,6-7,12-13,20,22H,5,8-11,14,26H2,1-2H3,(H,28,32)(H2,27,29,30);3-4H,1-2H3/t2*20-,22+;/m00./s1. The van der Waals surface area contributed by atoms with Gasteiger partial charge in [-0.05, 0) is 89.0 Å². The summed E-state index contributed by atoms with van der Waals surface area (Å²) in [5, 5.41) is 21.6. The zero-order valence-electron chi connectivity index (χ0n) is 41.9. The molecule has 6 aromatic rings. The number of halogens is 2. The molecule has 72 heavy (non-hydrogen) atoms. The number of nitrogens with zero attached hydrogens (tertiary/aromatic N) is 4. The molecule has 0 radical (unpaired) electrons. The maximum atomic E-state index is 12.9. The van der Waals surface area contributed by atoms with Crippen molar-refractivity contribution in [1.29, 1.82) is 0 Å². The number of aromatic amines is 2. The van der Waals surface area contributed by atoms with Crippen LogP contribution < -0.4 is 42.2 Å². The van der Waals surface area contributed by atoms with Crippen LogP contribution in [-0.4, -0.2) is 158 Å². The van der Waals surface area contributed by atoms with E-state index in [2.05, 4.69) is 51.0 Å². The predicted octanol–water partition coefficient (Wildman–Crippen LogP) is 6.64. The molecule has 2 fully saturated rings. The highest BCUT2D eigenvalue weighted by atomic mass is 35.5. The van der Waals surface area contributed by atoms with E-state index in [0.29, 0.717) is 44.0 Å². The Morgan fingerprint density at radius 1 is 0.694 bits per heavy atom. The van der Waals surface area contributed by atoms with E-state index in [1.54, 1.807) is 40.2 Å². The van der Waals surface area contributed by atoms with E-state index in [-0.39, 0.29) is 42.2 Å². The Hall–Kier alpha value is -6.06. The minimum Gasteiger partial charge on any atom is -0.496 e. The summed E-state index contributed by atoms with van der Waals surface area (Å²) < 4.78 is 22.1. The Kier molecular flexibility index (Phi) is 20.8. The van der Waals surface area contributed by atoms with Crippen LogP contribution in [0.3, 0.4) is 0 Å². The van der Waals surface area contributed by atoms with Gasteiger partial charge in [0.2, 0.25) is 11.9 Å². The van der Waals surface area contributed by atoms with Crippen molar-refractivity contribution in [2.75, 3.05) is 103 Å². The van der Waals surface area contributed by atoms with E-state index in [4.69, 9.17) is 58.7 Å². The molecule has 4 heterocycles. The number of nitrogen functional groups attached to an aromatic ring is 2. The summed E-state index contributed by atoms with van der Waals surface area (Å²) in [5.41, 5.74) is 17.1. The van der Waals surface area contributed by atoms with Gasteiger partial charge in [0.15, 0.2) is 0 Å². The predicted molar refractivity (Wildman–Crippen MR) is 287 cm³/mol. The van der Waals surface area contributed by atoms with E-state index >= 15 is 0 Å². The number of ether oxygens (including phenoxy) is 4. The Balaban J connectivity index is 0.000000219. The highest BCUT2D eigenvalue weighted by molar-refractivity contribution is 6.34. The summed E-state index contributed by atoms with van der Waals surface area (Å²) in [6.45, 7) is 10.1. The molecule has 0 unspecified atom stereocenters. The lowest BCUT2D eigenvalue weighted by molar-refractivity contribution is 0.00637. The average Bonchev–Trinajstić information content (AvgIpc) is 4.00. The number of carbonyl (C=O) groups excluding carboxylic acids is 2. The lowest BCUT2D eigenvalue weighted by Gasteiger charge is -2.38. The van der Waals surface area contributed by atoms with Crippen molar-refractivity contribution >= 4 is 80.4 Å². The molecular formula is C51H70Cl2N12O7. The first-order chi connectivity index (χ1) is 34.7. The third-order valence-corrected chi connectivity index (χ3v) is 13.0. The zero-order valence-corrected chi connectivity index (χ0v) is 43.4. The van der Waals surface area contributed by atoms with E-state index in [1.807, 2.05) is 48.5 Å². The summed E-state index contributed by atoms with van der Waals surface area (Å²) in [4.78, 5) is 46.2. The van der Waals surface area contributed by atoms with Gasteiger partial charge in [-0.3, -0.25) is 9.59 Å². The van der Waals surface area contributed by atoms with Crippen LogP contribution in [0.2, 0.25) is 10.0 Å². The summed E-state index contributed by atoms with van der Waals surface area (Å²) >= 11 is 12.2. The lowest BCUT2D eigenvalue weighted by atomic mass is 10.0. The highest BCUT2D eigenvalue weighted by Gasteiger charge is 2.33. The van der Waals surface area contributed by atoms with Gasteiger partial charge in [-0.25, -0.2) is 9.97 Å². The summed E-state index contributed by atoms with van der Waals surface area (Å²) in [6.07, 6.45) is 3.10. The molecule has 4 atom stereocenters. The number of benzene rings is 4. The first-order valence-electron chi connectivity index (χ1n) is 24.1. The van der Waals surface area contributed by atoms with E-state index in [1.165, 1.54) is 26.4 Å². The minimum absolute atomic E-state index is 0.108. The Morgan fingerprint density at radius 3 is 1.44 bits per heavy atom. The number of hydrogen-bond donors (Lipinski definition) is 9. The molecule has 390 valence electrons. The number of hydrogen-bond acceptors (Lipinski definition) is 15.